The number of hydrogen-bond donors (Lipinski definition) is 0. The Morgan fingerprint density at radius 2 is 2.09 bits per heavy atom. The van der Waals surface area contributed by atoms with Gasteiger partial charge >= 0.3 is 0 Å². The maximum Gasteiger partial charge on any atom is 0.158 e. The highest BCUT2D eigenvalue weighted by Gasteiger charge is 2.61. The third kappa shape index (κ3) is 2.57. The van der Waals surface area contributed by atoms with Crippen molar-refractivity contribution >= 4 is 9.84 Å². The Balaban J connectivity index is 1.70. The first-order valence-electron chi connectivity index (χ1n) is 7.74. The first kappa shape index (κ1) is 15.9. The number of rotatable bonds is 5. The van der Waals surface area contributed by atoms with Crippen LogP contribution in [0.2, 0.25) is 0 Å². The molecule has 2 aliphatic heterocycles. The van der Waals surface area contributed by atoms with Gasteiger partial charge in [-0.1, -0.05) is 18.2 Å². The lowest BCUT2D eigenvalue weighted by atomic mass is 9.83. The molecule has 1 spiro atoms. The monoisotopic (exact) mass is 327 g/mol. The molecular weight excluding hydrogens is 305 g/mol. The number of sulfone groups is 1. The highest BCUT2D eigenvalue weighted by atomic mass is 32.2. The topological polar surface area (TPSA) is 46.6 Å². The fourth-order valence-electron chi connectivity index (χ4n) is 3.66. The highest BCUT2D eigenvalue weighted by molar-refractivity contribution is 7.93. The maximum atomic E-state index is 13.7. The standard InChI is InChI=1S/C16H22FNO3S/c1-2-21-10-14-7-8-22(19,20)16(14)11-18(12-16)9-13-5-3-4-6-15(13)17/h3-6,14H,2,7-12H2,1H3/t14-/m1/s1. The summed E-state index contributed by atoms with van der Waals surface area (Å²) < 4.78 is 43.4. The minimum absolute atomic E-state index is 0.0642. The Hall–Kier alpha value is -0.980. The Labute approximate surface area is 131 Å². The van der Waals surface area contributed by atoms with Crippen molar-refractivity contribution in [2.45, 2.75) is 24.6 Å². The van der Waals surface area contributed by atoms with Gasteiger partial charge in [0.2, 0.25) is 0 Å². The van der Waals surface area contributed by atoms with E-state index in [1.165, 1.54) is 6.07 Å². The SMILES string of the molecule is CCOC[C@H]1CCS(=O)(=O)C12CN(Cc1ccccc1F)C2. The molecule has 2 heterocycles. The van der Waals surface area contributed by atoms with Gasteiger partial charge in [0.25, 0.3) is 0 Å². The Morgan fingerprint density at radius 3 is 2.77 bits per heavy atom. The molecule has 0 bridgehead atoms. The second kappa shape index (κ2) is 5.91. The third-order valence-corrected chi connectivity index (χ3v) is 7.56. The zero-order valence-electron chi connectivity index (χ0n) is 12.8. The largest absolute Gasteiger partial charge is 0.381 e. The van der Waals surface area contributed by atoms with Crippen LogP contribution in [0.25, 0.3) is 0 Å². The summed E-state index contributed by atoms with van der Waals surface area (Å²) in [5, 5.41) is 0. The molecule has 0 aliphatic carbocycles. The van der Waals surface area contributed by atoms with Crippen LogP contribution in [0, 0.1) is 11.7 Å². The molecule has 4 nitrogen and oxygen atoms in total. The summed E-state index contributed by atoms with van der Waals surface area (Å²) >= 11 is 0. The van der Waals surface area contributed by atoms with E-state index in [1.807, 2.05) is 11.8 Å². The van der Waals surface area contributed by atoms with Crippen LogP contribution in [0.4, 0.5) is 4.39 Å². The van der Waals surface area contributed by atoms with Gasteiger partial charge in [0, 0.05) is 37.7 Å². The molecule has 6 heteroatoms. The van der Waals surface area contributed by atoms with Crippen molar-refractivity contribution in [1.29, 1.82) is 0 Å². The second-order valence-corrected chi connectivity index (χ2v) is 8.72. The van der Waals surface area contributed by atoms with Crippen molar-refractivity contribution in [2.24, 2.45) is 5.92 Å². The van der Waals surface area contributed by atoms with Gasteiger partial charge in [0.1, 0.15) is 10.6 Å². The van der Waals surface area contributed by atoms with Crippen molar-refractivity contribution in [3.63, 3.8) is 0 Å². The summed E-state index contributed by atoms with van der Waals surface area (Å²) in [5.41, 5.74) is 0.620. The Bertz CT molecular complexity index is 641. The first-order valence-corrected chi connectivity index (χ1v) is 9.39. The van der Waals surface area contributed by atoms with E-state index in [1.54, 1.807) is 18.2 Å². The Kier molecular flexibility index (Phi) is 4.27. The number of nitrogens with zero attached hydrogens (tertiary/aromatic N) is 1. The molecule has 0 aromatic heterocycles. The predicted octanol–water partition coefficient (Wildman–Crippen LogP) is 1.85. The number of hydrogen-bond acceptors (Lipinski definition) is 4. The van der Waals surface area contributed by atoms with E-state index in [0.717, 1.165) is 0 Å². The van der Waals surface area contributed by atoms with E-state index in [4.69, 9.17) is 4.74 Å². The molecule has 2 fully saturated rings. The van der Waals surface area contributed by atoms with Gasteiger partial charge in [0.15, 0.2) is 9.84 Å². The molecule has 1 aromatic rings. The normalized spacial score (nSPS) is 26.2. The molecule has 0 radical (unpaired) electrons. The molecule has 22 heavy (non-hydrogen) atoms. The number of ether oxygens (including phenoxy) is 1. The van der Waals surface area contributed by atoms with Crippen LogP contribution in [-0.2, 0) is 21.1 Å². The van der Waals surface area contributed by atoms with E-state index in [-0.39, 0.29) is 17.5 Å². The van der Waals surface area contributed by atoms with Crippen molar-refractivity contribution in [3.05, 3.63) is 35.6 Å². The van der Waals surface area contributed by atoms with Gasteiger partial charge < -0.3 is 4.74 Å². The summed E-state index contributed by atoms with van der Waals surface area (Å²) in [6.07, 6.45) is 0.676. The molecule has 0 amide bonds. The van der Waals surface area contributed by atoms with Crippen LogP contribution in [-0.4, -0.2) is 50.1 Å². The van der Waals surface area contributed by atoms with Crippen LogP contribution in [0.15, 0.2) is 24.3 Å². The van der Waals surface area contributed by atoms with Gasteiger partial charge in [-0.25, -0.2) is 12.8 Å². The summed E-state index contributed by atoms with van der Waals surface area (Å²) in [6, 6.07) is 6.66. The average molecular weight is 327 g/mol. The van der Waals surface area contributed by atoms with Gasteiger partial charge in [0.05, 0.1) is 12.4 Å². The van der Waals surface area contributed by atoms with Crippen LogP contribution in [0.1, 0.15) is 18.9 Å². The van der Waals surface area contributed by atoms with Crippen molar-refractivity contribution in [1.82, 2.24) is 4.90 Å². The van der Waals surface area contributed by atoms with Crippen molar-refractivity contribution in [3.8, 4) is 0 Å². The molecule has 0 unspecified atom stereocenters. The smallest absolute Gasteiger partial charge is 0.158 e. The lowest BCUT2D eigenvalue weighted by Crippen LogP contribution is -2.67. The summed E-state index contributed by atoms with van der Waals surface area (Å²) in [4.78, 5) is 2.01. The molecular formula is C16H22FNO3S. The van der Waals surface area contributed by atoms with E-state index in [0.29, 0.717) is 44.8 Å². The van der Waals surface area contributed by atoms with E-state index < -0.39 is 14.6 Å². The molecule has 1 aromatic carbocycles. The van der Waals surface area contributed by atoms with Gasteiger partial charge in [-0.3, -0.25) is 4.90 Å². The van der Waals surface area contributed by atoms with Crippen LogP contribution >= 0.6 is 0 Å². The first-order chi connectivity index (χ1) is 10.5. The fraction of sp³-hybridized carbons (Fsp3) is 0.625. The van der Waals surface area contributed by atoms with Crippen LogP contribution < -0.4 is 0 Å². The van der Waals surface area contributed by atoms with E-state index in [9.17, 15) is 12.8 Å². The van der Waals surface area contributed by atoms with Crippen molar-refractivity contribution in [2.75, 3.05) is 32.1 Å². The minimum atomic E-state index is -3.08. The van der Waals surface area contributed by atoms with Gasteiger partial charge in [-0.2, -0.15) is 0 Å². The maximum absolute atomic E-state index is 13.7. The van der Waals surface area contributed by atoms with Crippen molar-refractivity contribution < 1.29 is 17.5 Å². The molecule has 122 valence electrons. The number of halogens is 1. The van der Waals surface area contributed by atoms with Crippen LogP contribution in [0.3, 0.4) is 0 Å². The average Bonchev–Trinajstić information content (AvgIpc) is 2.70. The summed E-state index contributed by atoms with van der Waals surface area (Å²) in [7, 11) is -3.08. The van der Waals surface area contributed by atoms with E-state index in [2.05, 4.69) is 0 Å². The summed E-state index contributed by atoms with van der Waals surface area (Å²) in [6.45, 7) is 4.46. The lowest BCUT2D eigenvalue weighted by molar-refractivity contribution is 0.0287. The highest BCUT2D eigenvalue weighted by Crippen LogP contribution is 2.45. The molecule has 0 N–H and O–H groups in total. The zero-order chi connectivity index (χ0) is 15.8. The zero-order valence-corrected chi connectivity index (χ0v) is 13.6. The third-order valence-electron chi connectivity index (χ3n) is 4.96. The molecule has 2 aliphatic rings. The van der Waals surface area contributed by atoms with Crippen LogP contribution in [0.5, 0.6) is 0 Å². The van der Waals surface area contributed by atoms with Gasteiger partial charge in [-0.05, 0) is 19.4 Å². The van der Waals surface area contributed by atoms with Gasteiger partial charge in [-0.15, -0.1) is 0 Å². The molecule has 2 saturated heterocycles. The Morgan fingerprint density at radius 1 is 1.36 bits per heavy atom. The number of likely N-dealkylation sites (tertiary alicyclic amines) is 1. The lowest BCUT2D eigenvalue weighted by Gasteiger charge is -2.50. The fourth-order valence-corrected chi connectivity index (χ4v) is 6.11. The molecule has 0 saturated carbocycles. The number of benzene rings is 1. The van der Waals surface area contributed by atoms with E-state index >= 15 is 0 Å². The molecule has 1 atom stereocenters. The quantitative estimate of drug-likeness (QED) is 0.828. The summed E-state index contributed by atoms with van der Waals surface area (Å²) in [5.74, 6) is 0.0797. The second-order valence-electron chi connectivity index (χ2n) is 6.27. The predicted molar refractivity (Wildman–Crippen MR) is 82.8 cm³/mol. The molecule has 3 rings (SSSR count). The minimum Gasteiger partial charge on any atom is -0.381 e.